The lowest BCUT2D eigenvalue weighted by Crippen LogP contribution is -2.16. The summed E-state index contributed by atoms with van der Waals surface area (Å²) in [6.45, 7) is 0. The molecule has 0 saturated heterocycles. The van der Waals surface area contributed by atoms with E-state index in [-0.39, 0.29) is 11.9 Å². The molecule has 0 fully saturated rings. The first kappa shape index (κ1) is 19.0. The molecule has 0 spiro atoms. The third kappa shape index (κ3) is 4.74. The third-order valence-corrected chi connectivity index (χ3v) is 4.91. The van der Waals surface area contributed by atoms with Gasteiger partial charge < -0.3 is 5.32 Å². The zero-order valence-electron chi connectivity index (χ0n) is 15.0. The van der Waals surface area contributed by atoms with E-state index in [1.807, 2.05) is 42.5 Å². The van der Waals surface area contributed by atoms with Gasteiger partial charge in [-0.3, -0.25) is 15.1 Å². The summed E-state index contributed by atoms with van der Waals surface area (Å²) in [5, 5.41) is 14.6. The maximum Gasteiger partial charge on any atom is 0.259 e. The van der Waals surface area contributed by atoms with Crippen LogP contribution in [0.1, 0.15) is 27.7 Å². The molecule has 1 amide bonds. The Labute approximate surface area is 175 Å². The molecule has 1 atom stereocenters. The van der Waals surface area contributed by atoms with E-state index in [4.69, 9.17) is 11.6 Å². The van der Waals surface area contributed by atoms with Crippen LogP contribution < -0.4 is 10.6 Å². The predicted molar refractivity (Wildman–Crippen MR) is 113 cm³/mol. The van der Waals surface area contributed by atoms with Crippen molar-refractivity contribution in [1.29, 1.82) is 0 Å². The lowest BCUT2D eigenvalue weighted by molar-refractivity contribution is 0.102. The Morgan fingerprint density at radius 3 is 2.69 bits per heavy atom. The fraction of sp³-hybridized carbons (Fsp3) is 0.0500. The Balaban J connectivity index is 1.55. The molecule has 0 aliphatic rings. The number of hydrogen-bond acceptors (Lipinski definition) is 7. The molecule has 9 heteroatoms. The maximum atomic E-state index is 12.3. The molecule has 2 N–H and O–H groups in total. The van der Waals surface area contributed by atoms with Gasteiger partial charge in [0.2, 0.25) is 5.13 Å². The van der Waals surface area contributed by atoms with E-state index in [1.54, 1.807) is 23.8 Å². The van der Waals surface area contributed by atoms with Crippen molar-refractivity contribution < 1.29 is 4.79 Å². The van der Waals surface area contributed by atoms with Crippen molar-refractivity contribution in [3.8, 4) is 0 Å². The van der Waals surface area contributed by atoms with E-state index in [1.165, 1.54) is 17.5 Å². The van der Waals surface area contributed by atoms with Crippen LogP contribution >= 0.6 is 22.9 Å². The van der Waals surface area contributed by atoms with Crippen molar-refractivity contribution in [3.63, 3.8) is 0 Å². The van der Waals surface area contributed by atoms with Crippen LogP contribution in [0.4, 0.5) is 10.9 Å². The van der Waals surface area contributed by atoms with Gasteiger partial charge in [0.05, 0.1) is 17.3 Å². The van der Waals surface area contributed by atoms with Crippen molar-refractivity contribution in [2.45, 2.75) is 6.04 Å². The van der Waals surface area contributed by atoms with Crippen molar-refractivity contribution in [1.82, 2.24) is 20.2 Å². The van der Waals surface area contributed by atoms with Gasteiger partial charge in [0.25, 0.3) is 5.91 Å². The van der Waals surface area contributed by atoms with E-state index in [0.29, 0.717) is 21.5 Å². The van der Waals surface area contributed by atoms with Crippen LogP contribution in [0.25, 0.3) is 0 Å². The van der Waals surface area contributed by atoms with Crippen LogP contribution in [0.2, 0.25) is 5.02 Å². The smallest absolute Gasteiger partial charge is 0.259 e. The van der Waals surface area contributed by atoms with Gasteiger partial charge in [-0.15, -0.1) is 10.2 Å². The summed E-state index contributed by atoms with van der Waals surface area (Å²) in [6, 6.07) is 16.5. The highest BCUT2D eigenvalue weighted by Gasteiger charge is 2.17. The van der Waals surface area contributed by atoms with Crippen LogP contribution in [0.15, 0.2) is 72.5 Å². The monoisotopic (exact) mass is 422 g/mol. The summed E-state index contributed by atoms with van der Waals surface area (Å²) in [6.07, 6.45) is 3.25. The minimum Gasteiger partial charge on any atom is -0.358 e. The molecule has 0 aliphatic heterocycles. The second-order valence-electron chi connectivity index (χ2n) is 6.02. The molecule has 29 heavy (non-hydrogen) atoms. The fourth-order valence-electron chi connectivity index (χ4n) is 2.72. The Morgan fingerprint density at radius 1 is 1.07 bits per heavy atom. The van der Waals surface area contributed by atoms with Crippen LogP contribution in [0.3, 0.4) is 0 Å². The van der Waals surface area contributed by atoms with Crippen LogP contribution in [0.5, 0.6) is 0 Å². The molecule has 3 aromatic heterocycles. The van der Waals surface area contributed by atoms with Gasteiger partial charge in [0, 0.05) is 17.4 Å². The molecule has 0 radical (unpaired) electrons. The molecule has 0 aliphatic carbocycles. The highest BCUT2D eigenvalue weighted by Crippen LogP contribution is 2.26. The zero-order chi connectivity index (χ0) is 20.1. The summed E-state index contributed by atoms with van der Waals surface area (Å²) in [5.41, 5.74) is 3.75. The van der Waals surface area contributed by atoms with E-state index in [2.05, 4.69) is 30.8 Å². The van der Waals surface area contributed by atoms with Crippen molar-refractivity contribution in [2.75, 3.05) is 10.6 Å². The van der Waals surface area contributed by atoms with Crippen LogP contribution in [-0.4, -0.2) is 26.1 Å². The largest absolute Gasteiger partial charge is 0.358 e. The third-order valence-electron chi connectivity index (χ3n) is 4.06. The Kier molecular flexibility index (Phi) is 5.73. The fourth-order valence-corrected chi connectivity index (χ4v) is 3.36. The van der Waals surface area contributed by atoms with E-state index < -0.39 is 0 Å². The standard InChI is InChI=1S/C20H15ClN6OS/c21-15-5-3-4-13(10-15)18(16-6-1-2-9-22-16)25-17-8-7-14(11-23-17)19(28)26-20-27-24-12-29-20/h1-12,18H,(H,23,25)(H,26,27,28). The number of benzene rings is 1. The second kappa shape index (κ2) is 8.76. The molecule has 0 saturated carbocycles. The normalized spacial score (nSPS) is 11.6. The minimum absolute atomic E-state index is 0.247. The summed E-state index contributed by atoms with van der Waals surface area (Å²) in [5.74, 6) is 0.310. The summed E-state index contributed by atoms with van der Waals surface area (Å²) in [7, 11) is 0. The van der Waals surface area contributed by atoms with Crippen LogP contribution in [0, 0.1) is 0 Å². The van der Waals surface area contributed by atoms with Gasteiger partial charge in [-0.05, 0) is 42.0 Å². The molecule has 1 unspecified atom stereocenters. The first-order valence-electron chi connectivity index (χ1n) is 8.65. The van der Waals surface area contributed by atoms with Crippen molar-refractivity contribution in [2.24, 2.45) is 0 Å². The quantitative estimate of drug-likeness (QED) is 0.477. The molecule has 7 nitrogen and oxygen atoms in total. The maximum absolute atomic E-state index is 12.3. The molecule has 1 aromatic carbocycles. The minimum atomic E-state index is -0.295. The molecule has 4 aromatic rings. The highest BCUT2D eigenvalue weighted by atomic mass is 35.5. The molecule has 0 bridgehead atoms. The SMILES string of the molecule is O=C(Nc1nncs1)c1ccc(NC(c2cccc(Cl)c2)c2ccccn2)nc1. The first-order valence-corrected chi connectivity index (χ1v) is 9.91. The van der Waals surface area contributed by atoms with Crippen molar-refractivity contribution >= 4 is 39.8 Å². The van der Waals surface area contributed by atoms with Gasteiger partial charge in [0.1, 0.15) is 11.3 Å². The average molecular weight is 423 g/mol. The number of halogens is 1. The number of nitrogens with one attached hydrogen (secondary N) is 2. The number of rotatable bonds is 6. The molecular weight excluding hydrogens is 408 g/mol. The first-order chi connectivity index (χ1) is 14.2. The summed E-state index contributed by atoms with van der Waals surface area (Å²) < 4.78 is 0. The van der Waals surface area contributed by atoms with Gasteiger partial charge in [-0.1, -0.05) is 41.1 Å². The highest BCUT2D eigenvalue weighted by molar-refractivity contribution is 7.13. The van der Waals surface area contributed by atoms with E-state index in [9.17, 15) is 4.79 Å². The number of aromatic nitrogens is 4. The summed E-state index contributed by atoms with van der Waals surface area (Å²) in [4.78, 5) is 21.1. The van der Waals surface area contributed by atoms with Gasteiger partial charge >= 0.3 is 0 Å². The zero-order valence-corrected chi connectivity index (χ0v) is 16.6. The van der Waals surface area contributed by atoms with Crippen molar-refractivity contribution in [3.05, 3.63) is 94.3 Å². The molecule has 144 valence electrons. The Morgan fingerprint density at radius 2 is 2.00 bits per heavy atom. The number of hydrogen-bond donors (Lipinski definition) is 2. The predicted octanol–water partition coefficient (Wildman–Crippen LogP) is 4.44. The number of pyridine rings is 2. The topological polar surface area (TPSA) is 92.7 Å². The average Bonchev–Trinajstić information content (AvgIpc) is 3.26. The molecule has 4 rings (SSSR count). The van der Waals surface area contributed by atoms with Gasteiger partial charge in [-0.25, -0.2) is 4.98 Å². The Bertz CT molecular complexity index is 1090. The molecule has 3 heterocycles. The second-order valence-corrected chi connectivity index (χ2v) is 7.29. The number of carbonyl (C=O) groups is 1. The van der Waals surface area contributed by atoms with E-state index in [0.717, 1.165) is 11.3 Å². The van der Waals surface area contributed by atoms with Gasteiger partial charge in [-0.2, -0.15) is 0 Å². The number of anilines is 2. The number of amides is 1. The summed E-state index contributed by atoms with van der Waals surface area (Å²) >= 11 is 7.43. The van der Waals surface area contributed by atoms with E-state index >= 15 is 0 Å². The lowest BCUT2D eigenvalue weighted by Gasteiger charge is -2.19. The number of nitrogens with zero attached hydrogens (tertiary/aromatic N) is 4. The Hall–Kier alpha value is -3.36. The lowest BCUT2D eigenvalue weighted by atomic mass is 10.0. The van der Waals surface area contributed by atoms with Crippen LogP contribution in [-0.2, 0) is 0 Å². The van der Waals surface area contributed by atoms with Gasteiger partial charge in [0.15, 0.2) is 0 Å². The molecular formula is C20H15ClN6OS. The number of carbonyl (C=O) groups excluding carboxylic acids is 1.